The molecule has 2 unspecified atom stereocenters. The number of ether oxygens (including phenoxy) is 1. The first-order valence-electron chi connectivity index (χ1n) is 7.24. The first-order valence-corrected chi connectivity index (χ1v) is 7.24. The lowest BCUT2D eigenvalue weighted by Gasteiger charge is -2.25. The molecule has 1 amide bonds. The number of carboxylic acid groups (broad SMARTS) is 1. The summed E-state index contributed by atoms with van der Waals surface area (Å²) in [6, 6.07) is 7.52. The Hall–Kier alpha value is -2.04. The minimum Gasteiger partial charge on any atom is -0.496 e. The van der Waals surface area contributed by atoms with Crippen molar-refractivity contribution in [2.24, 2.45) is 11.8 Å². The summed E-state index contributed by atoms with van der Waals surface area (Å²) in [7, 11) is 1.60. The molecule has 21 heavy (non-hydrogen) atoms. The number of aliphatic carboxylic acids is 1. The minimum absolute atomic E-state index is 0.0631. The zero-order valence-electron chi connectivity index (χ0n) is 12.2. The topological polar surface area (TPSA) is 75.6 Å². The number of nitrogens with one attached hydrogen (secondary N) is 1. The Morgan fingerprint density at radius 3 is 2.71 bits per heavy atom. The SMILES string of the molecule is COc1ccccc1CNC(=O)C1CCCC(C(=O)O)C1. The van der Waals surface area contributed by atoms with Crippen LogP contribution in [0.3, 0.4) is 0 Å². The lowest BCUT2D eigenvalue weighted by atomic mass is 9.81. The van der Waals surface area contributed by atoms with E-state index in [1.807, 2.05) is 24.3 Å². The van der Waals surface area contributed by atoms with Crippen molar-refractivity contribution in [1.29, 1.82) is 0 Å². The highest BCUT2D eigenvalue weighted by molar-refractivity contribution is 5.80. The Balaban J connectivity index is 1.91. The number of hydrogen-bond donors (Lipinski definition) is 2. The van der Waals surface area contributed by atoms with Crippen molar-refractivity contribution >= 4 is 11.9 Å². The number of carbonyl (C=O) groups is 2. The summed E-state index contributed by atoms with van der Waals surface area (Å²) in [6.45, 7) is 0.400. The zero-order valence-corrected chi connectivity index (χ0v) is 12.2. The first-order chi connectivity index (χ1) is 10.1. The van der Waals surface area contributed by atoms with Gasteiger partial charge in [0, 0.05) is 18.0 Å². The number of rotatable bonds is 5. The maximum atomic E-state index is 12.2. The highest BCUT2D eigenvalue weighted by atomic mass is 16.5. The maximum absolute atomic E-state index is 12.2. The fourth-order valence-electron chi connectivity index (χ4n) is 2.83. The van der Waals surface area contributed by atoms with Crippen molar-refractivity contribution in [3.05, 3.63) is 29.8 Å². The third-order valence-electron chi connectivity index (χ3n) is 4.04. The molecule has 1 aliphatic carbocycles. The van der Waals surface area contributed by atoms with Gasteiger partial charge >= 0.3 is 5.97 Å². The monoisotopic (exact) mass is 291 g/mol. The smallest absolute Gasteiger partial charge is 0.306 e. The van der Waals surface area contributed by atoms with E-state index in [2.05, 4.69) is 5.32 Å². The van der Waals surface area contributed by atoms with Crippen LogP contribution in [-0.4, -0.2) is 24.1 Å². The zero-order chi connectivity index (χ0) is 15.2. The number of carbonyl (C=O) groups excluding carboxylic acids is 1. The van der Waals surface area contributed by atoms with Crippen molar-refractivity contribution in [2.75, 3.05) is 7.11 Å². The standard InChI is InChI=1S/C16H21NO4/c1-21-14-8-3-2-5-13(14)10-17-15(18)11-6-4-7-12(9-11)16(19)20/h2-3,5,8,11-12H,4,6-7,9-10H2,1H3,(H,17,18)(H,19,20). The van der Waals surface area contributed by atoms with Gasteiger partial charge in [0.1, 0.15) is 5.75 Å². The second-order valence-corrected chi connectivity index (χ2v) is 5.43. The van der Waals surface area contributed by atoms with Crippen molar-refractivity contribution < 1.29 is 19.4 Å². The second-order valence-electron chi connectivity index (χ2n) is 5.43. The Morgan fingerprint density at radius 1 is 1.29 bits per heavy atom. The molecule has 5 nitrogen and oxygen atoms in total. The normalized spacial score (nSPS) is 21.6. The molecule has 0 heterocycles. The quantitative estimate of drug-likeness (QED) is 0.872. The summed E-state index contributed by atoms with van der Waals surface area (Å²) in [5, 5.41) is 12.0. The molecular weight excluding hydrogens is 270 g/mol. The predicted octanol–water partition coefficient (Wildman–Crippen LogP) is 2.20. The average molecular weight is 291 g/mol. The summed E-state index contributed by atoms with van der Waals surface area (Å²) in [6.07, 6.45) is 2.67. The number of methoxy groups -OCH3 is 1. The van der Waals surface area contributed by atoms with Gasteiger partial charge < -0.3 is 15.2 Å². The molecule has 0 bridgehead atoms. The van der Waals surface area contributed by atoms with E-state index in [-0.39, 0.29) is 17.7 Å². The van der Waals surface area contributed by atoms with Gasteiger partial charge in [-0.05, 0) is 25.3 Å². The Labute approximate surface area is 124 Å². The molecule has 0 aromatic heterocycles. The van der Waals surface area contributed by atoms with Gasteiger partial charge in [0.2, 0.25) is 5.91 Å². The maximum Gasteiger partial charge on any atom is 0.306 e. The molecule has 2 atom stereocenters. The third-order valence-corrected chi connectivity index (χ3v) is 4.04. The second kappa shape index (κ2) is 7.11. The molecule has 2 rings (SSSR count). The molecule has 1 saturated carbocycles. The molecule has 114 valence electrons. The summed E-state index contributed by atoms with van der Waals surface area (Å²) < 4.78 is 5.24. The van der Waals surface area contributed by atoms with Crippen LogP contribution in [0.5, 0.6) is 5.75 Å². The van der Waals surface area contributed by atoms with Crippen LogP contribution in [-0.2, 0) is 16.1 Å². The molecule has 0 spiro atoms. The van der Waals surface area contributed by atoms with Gasteiger partial charge in [0.05, 0.1) is 13.0 Å². The molecule has 1 fully saturated rings. The van der Waals surface area contributed by atoms with Crippen LogP contribution in [0, 0.1) is 11.8 Å². The molecule has 1 aliphatic rings. The van der Waals surface area contributed by atoms with Gasteiger partial charge in [-0.25, -0.2) is 0 Å². The highest BCUT2D eigenvalue weighted by Crippen LogP contribution is 2.29. The lowest BCUT2D eigenvalue weighted by molar-refractivity contribution is -0.144. The van der Waals surface area contributed by atoms with Gasteiger partial charge in [0.25, 0.3) is 0 Å². The Kier molecular flexibility index (Phi) is 5.20. The van der Waals surface area contributed by atoms with Gasteiger partial charge in [-0.3, -0.25) is 9.59 Å². The minimum atomic E-state index is -0.794. The third kappa shape index (κ3) is 3.97. The molecular formula is C16H21NO4. The average Bonchev–Trinajstić information content (AvgIpc) is 2.52. The van der Waals surface area contributed by atoms with Crippen molar-refractivity contribution in [3.63, 3.8) is 0 Å². The van der Waals surface area contributed by atoms with Crippen LogP contribution < -0.4 is 10.1 Å². The lowest BCUT2D eigenvalue weighted by Crippen LogP contribution is -2.35. The van der Waals surface area contributed by atoms with Crippen LogP contribution in [0.4, 0.5) is 0 Å². The van der Waals surface area contributed by atoms with E-state index in [9.17, 15) is 9.59 Å². The summed E-state index contributed by atoms with van der Waals surface area (Å²) >= 11 is 0. The molecule has 2 N–H and O–H groups in total. The summed E-state index contributed by atoms with van der Waals surface area (Å²) in [5.41, 5.74) is 0.916. The fraction of sp³-hybridized carbons (Fsp3) is 0.500. The number of hydrogen-bond acceptors (Lipinski definition) is 3. The van der Waals surface area contributed by atoms with Gasteiger partial charge in [-0.15, -0.1) is 0 Å². The number of benzene rings is 1. The van der Waals surface area contributed by atoms with Gasteiger partial charge in [-0.1, -0.05) is 24.6 Å². The van der Waals surface area contributed by atoms with Crippen molar-refractivity contribution in [1.82, 2.24) is 5.32 Å². The predicted molar refractivity (Wildman–Crippen MR) is 77.9 cm³/mol. The van der Waals surface area contributed by atoms with Crippen LogP contribution >= 0.6 is 0 Å². The summed E-state index contributed by atoms with van der Waals surface area (Å²) in [4.78, 5) is 23.2. The first kappa shape index (κ1) is 15.4. The van der Waals surface area contributed by atoms with E-state index >= 15 is 0 Å². The molecule has 5 heteroatoms. The van der Waals surface area contributed by atoms with Crippen LogP contribution in [0.25, 0.3) is 0 Å². The van der Waals surface area contributed by atoms with Crippen LogP contribution in [0.15, 0.2) is 24.3 Å². The number of para-hydroxylation sites is 1. The van der Waals surface area contributed by atoms with E-state index < -0.39 is 5.97 Å². The fourth-order valence-corrected chi connectivity index (χ4v) is 2.83. The van der Waals surface area contributed by atoms with E-state index in [1.54, 1.807) is 7.11 Å². The molecule has 0 aliphatic heterocycles. The molecule has 1 aromatic rings. The Bertz CT molecular complexity index is 515. The van der Waals surface area contributed by atoms with Crippen molar-refractivity contribution in [2.45, 2.75) is 32.2 Å². The van der Waals surface area contributed by atoms with Crippen LogP contribution in [0.1, 0.15) is 31.2 Å². The molecule has 0 radical (unpaired) electrons. The molecule has 0 saturated heterocycles. The van der Waals surface area contributed by atoms with Crippen molar-refractivity contribution in [3.8, 4) is 5.75 Å². The number of carboxylic acids is 1. The molecule has 1 aromatic carbocycles. The van der Waals surface area contributed by atoms with E-state index in [1.165, 1.54) is 0 Å². The Morgan fingerprint density at radius 2 is 2.00 bits per heavy atom. The van der Waals surface area contributed by atoms with E-state index in [0.717, 1.165) is 24.2 Å². The number of amides is 1. The van der Waals surface area contributed by atoms with Gasteiger partial charge in [-0.2, -0.15) is 0 Å². The van der Waals surface area contributed by atoms with E-state index in [0.29, 0.717) is 19.4 Å². The largest absolute Gasteiger partial charge is 0.496 e. The van der Waals surface area contributed by atoms with E-state index in [4.69, 9.17) is 9.84 Å². The summed E-state index contributed by atoms with van der Waals surface area (Å²) in [5.74, 6) is -0.704. The highest BCUT2D eigenvalue weighted by Gasteiger charge is 2.30. The van der Waals surface area contributed by atoms with Gasteiger partial charge in [0.15, 0.2) is 0 Å². The van der Waals surface area contributed by atoms with Crippen LogP contribution in [0.2, 0.25) is 0 Å².